The average molecular weight is 375 g/mol. The molecule has 0 unspecified atom stereocenters. The van der Waals surface area contributed by atoms with Gasteiger partial charge in [0.2, 0.25) is 0 Å². The Balaban J connectivity index is 1.69. The number of H-pyrrole nitrogens is 1. The van der Waals surface area contributed by atoms with Crippen LogP contribution < -0.4 is 10.9 Å². The number of nitrogens with zero attached hydrogens (tertiary/aromatic N) is 1. The van der Waals surface area contributed by atoms with Crippen LogP contribution in [0.4, 0.5) is 0 Å². The molecule has 27 heavy (non-hydrogen) atoms. The molecule has 2 heterocycles. The third-order valence-electron chi connectivity index (χ3n) is 4.70. The van der Waals surface area contributed by atoms with Gasteiger partial charge >= 0.3 is 0 Å². The van der Waals surface area contributed by atoms with Crippen LogP contribution in [0.25, 0.3) is 10.9 Å². The minimum absolute atomic E-state index is 0.0392. The molecule has 4 aromatic rings. The monoisotopic (exact) mass is 375 g/mol. The van der Waals surface area contributed by atoms with Crippen molar-refractivity contribution in [2.45, 2.75) is 25.9 Å². The molecule has 0 saturated heterocycles. The minimum atomic E-state index is -0.115. The second kappa shape index (κ2) is 7.47. The van der Waals surface area contributed by atoms with E-state index < -0.39 is 0 Å². The van der Waals surface area contributed by atoms with E-state index in [1.807, 2.05) is 25.1 Å². The number of nitrogens with one attached hydrogen (secondary N) is 2. The second-order valence-corrected chi connectivity index (χ2v) is 7.70. The Labute approximate surface area is 161 Å². The van der Waals surface area contributed by atoms with Crippen LogP contribution in [0.3, 0.4) is 0 Å². The lowest BCUT2D eigenvalue weighted by Crippen LogP contribution is -2.28. The van der Waals surface area contributed by atoms with Gasteiger partial charge in [0.25, 0.3) is 5.56 Å². The maximum atomic E-state index is 12.4. The van der Waals surface area contributed by atoms with Crippen LogP contribution in [-0.4, -0.2) is 9.97 Å². The number of hydrogen-bond donors (Lipinski definition) is 2. The maximum Gasteiger partial charge on any atom is 0.258 e. The number of para-hydroxylation sites is 1. The molecule has 0 bridgehead atoms. The molecule has 0 fully saturated rings. The third kappa shape index (κ3) is 3.70. The van der Waals surface area contributed by atoms with Crippen LogP contribution in [0.15, 0.2) is 70.8 Å². The molecule has 2 aromatic heterocycles. The fourth-order valence-electron chi connectivity index (χ4n) is 3.20. The van der Waals surface area contributed by atoms with Crippen LogP contribution in [-0.2, 0) is 0 Å². The Hall–Kier alpha value is -2.76. The summed E-state index contributed by atoms with van der Waals surface area (Å²) < 4.78 is 0. The average Bonchev–Trinajstić information content (AvgIpc) is 3.21. The van der Waals surface area contributed by atoms with E-state index in [0.29, 0.717) is 16.7 Å². The van der Waals surface area contributed by atoms with Gasteiger partial charge in [-0.15, -0.1) is 11.3 Å². The van der Waals surface area contributed by atoms with Crippen molar-refractivity contribution in [1.82, 2.24) is 15.3 Å². The van der Waals surface area contributed by atoms with Gasteiger partial charge in [0, 0.05) is 4.88 Å². The van der Waals surface area contributed by atoms with Gasteiger partial charge in [-0.1, -0.05) is 48.0 Å². The highest BCUT2D eigenvalue weighted by Crippen LogP contribution is 2.28. The summed E-state index contributed by atoms with van der Waals surface area (Å²) in [6.07, 6.45) is 0. The first-order valence-electron chi connectivity index (χ1n) is 8.97. The first kappa shape index (κ1) is 17.6. The molecule has 2 aromatic carbocycles. The summed E-state index contributed by atoms with van der Waals surface area (Å²) in [5, 5.41) is 6.34. The predicted molar refractivity (Wildman–Crippen MR) is 111 cm³/mol. The fourth-order valence-corrected chi connectivity index (χ4v) is 4.01. The number of hydrogen-bond acceptors (Lipinski definition) is 4. The molecule has 0 aliphatic rings. The minimum Gasteiger partial charge on any atom is -0.309 e. The first-order chi connectivity index (χ1) is 13.1. The van der Waals surface area contributed by atoms with Crippen molar-refractivity contribution in [3.8, 4) is 0 Å². The lowest BCUT2D eigenvalue weighted by Gasteiger charge is -2.23. The first-order valence-corrected chi connectivity index (χ1v) is 9.85. The molecule has 0 saturated carbocycles. The van der Waals surface area contributed by atoms with Gasteiger partial charge in [-0.25, -0.2) is 4.98 Å². The molecular formula is C22H21N3OS. The van der Waals surface area contributed by atoms with E-state index in [0.717, 1.165) is 0 Å². The summed E-state index contributed by atoms with van der Waals surface area (Å²) in [4.78, 5) is 21.2. The summed E-state index contributed by atoms with van der Waals surface area (Å²) in [7, 11) is 0. The number of fused-ring (bicyclic) bond motifs is 1. The highest BCUT2D eigenvalue weighted by molar-refractivity contribution is 7.10. The molecule has 0 radical (unpaired) electrons. The fraction of sp³-hybridized carbons (Fsp3) is 0.182. The lowest BCUT2D eigenvalue weighted by atomic mass is 10.0. The quantitative estimate of drug-likeness (QED) is 0.530. The van der Waals surface area contributed by atoms with Gasteiger partial charge in [0.05, 0.1) is 23.0 Å². The highest BCUT2D eigenvalue weighted by atomic mass is 32.1. The number of benzene rings is 2. The van der Waals surface area contributed by atoms with Crippen LogP contribution >= 0.6 is 11.3 Å². The van der Waals surface area contributed by atoms with E-state index in [1.165, 1.54) is 16.0 Å². The number of aromatic amines is 1. The molecule has 4 nitrogen and oxygen atoms in total. The molecule has 0 spiro atoms. The SMILES string of the molecule is Cc1ccc([C@H](N[C@H](C)c2nc3ccccc3c(=O)[nH]2)c2cccs2)cc1. The van der Waals surface area contributed by atoms with E-state index in [1.54, 1.807) is 17.4 Å². The van der Waals surface area contributed by atoms with Crippen molar-refractivity contribution in [1.29, 1.82) is 0 Å². The van der Waals surface area contributed by atoms with Gasteiger partial charge in [-0.05, 0) is 43.0 Å². The van der Waals surface area contributed by atoms with Gasteiger partial charge in [0.15, 0.2) is 0 Å². The largest absolute Gasteiger partial charge is 0.309 e. The Bertz CT molecular complexity index is 1100. The topological polar surface area (TPSA) is 57.8 Å². The highest BCUT2D eigenvalue weighted by Gasteiger charge is 2.20. The smallest absolute Gasteiger partial charge is 0.258 e. The van der Waals surface area contributed by atoms with E-state index >= 15 is 0 Å². The maximum absolute atomic E-state index is 12.4. The Morgan fingerprint density at radius 1 is 1.04 bits per heavy atom. The predicted octanol–water partition coefficient (Wildman–Crippen LogP) is 4.73. The molecule has 5 heteroatoms. The Morgan fingerprint density at radius 3 is 2.56 bits per heavy atom. The summed E-state index contributed by atoms with van der Waals surface area (Å²) in [5.41, 5.74) is 3.04. The third-order valence-corrected chi connectivity index (χ3v) is 5.63. The molecule has 0 aliphatic heterocycles. The van der Waals surface area contributed by atoms with Crippen molar-refractivity contribution >= 4 is 22.2 Å². The molecule has 0 aliphatic carbocycles. The number of thiophene rings is 1. The van der Waals surface area contributed by atoms with Crippen LogP contribution in [0.5, 0.6) is 0 Å². The normalized spacial score (nSPS) is 13.6. The zero-order chi connectivity index (χ0) is 18.8. The molecule has 136 valence electrons. The number of aromatic nitrogens is 2. The van der Waals surface area contributed by atoms with Gasteiger partial charge < -0.3 is 4.98 Å². The van der Waals surface area contributed by atoms with Crippen LogP contribution in [0.1, 0.15) is 40.8 Å². The second-order valence-electron chi connectivity index (χ2n) is 6.72. The van der Waals surface area contributed by atoms with E-state index in [9.17, 15) is 4.79 Å². The lowest BCUT2D eigenvalue weighted by molar-refractivity contribution is 0.500. The zero-order valence-electron chi connectivity index (χ0n) is 15.3. The Morgan fingerprint density at radius 2 is 1.81 bits per heavy atom. The molecule has 2 N–H and O–H groups in total. The summed E-state index contributed by atoms with van der Waals surface area (Å²) in [6.45, 7) is 4.12. The molecule has 2 atom stereocenters. The van der Waals surface area contributed by atoms with Crippen molar-refractivity contribution < 1.29 is 0 Å². The van der Waals surface area contributed by atoms with Crippen molar-refractivity contribution in [2.75, 3.05) is 0 Å². The number of rotatable bonds is 5. The summed E-state index contributed by atoms with van der Waals surface area (Å²) >= 11 is 1.72. The van der Waals surface area contributed by atoms with E-state index in [4.69, 9.17) is 0 Å². The van der Waals surface area contributed by atoms with E-state index in [-0.39, 0.29) is 17.6 Å². The molecular weight excluding hydrogens is 354 g/mol. The van der Waals surface area contributed by atoms with Crippen LogP contribution in [0, 0.1) is 6.92 Å². The van der Waals surface area contributed by atoms with Crippen molar-refractivity contribution in [2.24, 2.45) is 0 Å². The van der Waals surface area contributed by atoms with Gasteiger partial charge in [-0.3, -0.25) is 10.1 Å². The summed E-state index contributed by atoms with van der Waals surface area (Å²) in [6, 6.07) is 20.1. The number of aryl methyl sites for hydroxylation is 1. The van der Waals surface area contributed by atoms with E-state index in [2.05, 4.69) is 64.0 Å². The molecule has 0 amide bonds. The van der Waals surface area contributed by atoms with Gasteiger partial charge in [-0.2, -0.15) is 0 Å². The van der Waals surface area contributed by atoms with Gasteiger partial charge in [0.1, 0.15) is 5.82 Å². The molecule has 4 rings (SSSR count). The zero-order valence-corrected chi connectivity index (χ0v) is 16.1. The van der Waals surface area contributed by atoms with Crippen molar-refractivity contribution in [3.63, 3.8) is 0 Å². The Kier molecular flexibility index (Phi) is 4.88. The standard InChI is InChI=1S/C22H21N3OS/c1-14-9-11-16(12-10-14)20(19-8-5-13-27-19)23-15(2)21-24-18-7-4-3-6-17(18)22(26)25-21/h3-13,15,20,23H,1-2H3,(H,24,25,26)/t15-,20+/m1/s1. The van der Waals surface area contributed by atoms with Crippen molar-refractivity contribution in [3.05, 3.63) is 98.2 Å². The summed E-state index contributed by atoms with van der Waals surface area (Å²) in [5.74, 6) is 0.646. The van der Waals surface area contributed by atoms with Crippen LogP contribution in [0.2, 0.25) is 0 Å².